The SMILES string of the molecule is Cc1ccc(-c2csc(-c3ncn[nH]3)n2)cc1[N+](=O)[O-]. The maximum Gasteiger partial charge on any atom is 0.272 e. The molecule has 0 spiro atoms. The van der Waals surface area contributed by atoms with Gasteiger partial charge in [0.2, 0.25) is 0 Å². The maximum atomic E-state index is 11.0. The number of hydrogen-bond donors (Lipinski definition) is 1. The van der Waals surface area contributed by atoms with E-state index in [1.807, 2.05) is 11.4 Å². The van der Waals surface area contributed by atoms with E-state index in [1.54, 1.807) is 13.0 Å². The van der Waals surface area contributed by atoms with E-state index in [0.29, 0.717) is 27.7 Å². The van der Waals surface area contributed by atoms with Crippen LogP contribution >= 0.6 is 11.3 Å². The Kier molecular flexibility index (Phi) is 2.99. The summed E-state index contributed by atoms with van der Waals surface area (Å²) in [6.07, 6.45) is 1.41. The van der Waals surface area contributed by atoms with Crippen LogP contribution in [0.3, 0.4) is 0 Å². The molecule has 0 amide bonds. The molecular weight excluding hydrogens is 278 g/mol. The highest BCUT2D eigenvalue weighted by atomic mass is 32.1. The number of hydrogen-bond acceptors (Lipinski definition) is 6. The van der Waals surface area contributed by atoms with E-state index in [4.69, 9.17) is 0 Å². The van der Waals surface area contributed by atoms with Crippen LogP contribution in [0.2, 0.25) is 0 Å². The second kappa shape index (κ2) is 4.82. The maximum absolute atomic E-state index is 11.0. The summed E-state index contributed by atoms with van der Waals surface area (Å²) in [5, 5.41) is 20.0. The molecule has 0 atom stereocenters. The minimum absolute atomic E-state index is 0.0942. The fraction of sp³-hybridized carbons (Fsp3) is 0.0833. The van der Waals surface area contributed by atoms with Crippen molar-refractivity contribution in [3.05, 3.63) is 45.6 Å². The highest BCUT2D eigenvalue weighted by Crippen LogP contribution is 2.30. The van der Waals surface area contributed by atoms with Gasteiger partial charge in [-0.3, -0.25) is 15.2 Å². The summed E-state index contributed by atoms with van der Waals surface area (Å²) in [4.78, 5) is 19.0. The summed E-state index contributed by atoms with van der Waals surface area (Å²) < 4.78 is 0. The number of rotatable bonds is 3. The standard InChI is InChI=1S/C12H9N5O2S/c1-7-2-3-8(4-10(7)17(18)19)9-5-20-12(15-9)11-13-6-14-16-11/h2-6H,1H3,(H,13,14,16). The van der Waals surface area contributed by atoms with Crippen LogP contribution in [0.25, 0.3) is 22.1 Å². The first-order chi connectivity index (χ1) is 9.65. The smallest absolute Gasteiger partial charge is 0.258 e. The molecule has 1 N–H and O–H groups in total. The molecule has 0 saturated carbocycles. The number of nitrogens with zero attached hydrogens (tertiary/aromatic N) is 4. The van der Waals surface area contributed by atoms with Crippen LogP contribution in [0.5, 0.6) is 0 Å². The van der Waals surface area contributed by atoms with Crippen molar-refractivity contribution >= 4 is 17.0 Å². The van der Waals surface area contributed by atoms with E-state index in [1.165, 1.54) is 23.7 Å². The minimum atomic E-state index is -0.386. The third kappa shape index (κ3) is 2.16. The van der Waals surface area contributed by atoms with E-state index in [-0.39, 0.29) is 10.6 Å². The molecule has 0 saturated heterocycles. The number of benzene rings is 1. The van der Waals surface area contributed by atoms with Crippen molar-refractivity contribution in [2.75, 3.05) is 0 Å². The molecule has 0 bridgehead atoms. The largest absolute Gasteiger partial charge is 0.272 e. The molecule has 2 aromatic heterocycles. The highest BCUT2D eigenvalue weighted by Gasteiger charge is 2.14. The van der Waals surface area contributed by atoms with Gasteiger partial charge in [0.1, 0.15) is 6.33 Å². The Morgan fingerprint density at radius 2 is 2.25 bits per heavy atom. The van der Waals surface area contributed by atoms with E-state index in [2.05, 4.69) is 20.2 Å². The van der Waals surface area contributed by atoms with E-state index >= 15 is 0 Å². The Hall–Kier alpha value is -2.61. The van der Waals surface area contributed by atoms with Gasteiger partial charge in [0.05, 0.1) is 10.6 Å². The zero-order valence-electron chi connectivity index (χ0n) is 10.4. The van der Waals surface area contributed by atoms with E-state index in [9.17, 15) is 10.1 Å². The van der Waals surface area contributed by atoms with Crippen molar-refractivity contribution in [2.24, 2.45) is 0 Å². The topological polar surface area (TPSA) is 97.6 Å². The van der Waals surface area contributed by atoms with Crippen molar-refractivity contribution in [1.29, 1.82) is 0 Å². The van der Waals surface area contributed by atoms with Crippen LogP contribution < -0.4 is 0 Å². The molecule has 0 aliphatic rings. The van der Waals surface area contributed by atoms with Crippen molar-refractivity contribution in [2.45, 2.75) is 6.92 Å². The molecule has 2 heterocycles. The van der Waals surface area contributed by atoms with Crippen LogP contribution in [-0.4, -0.2) is 25.1 Å². The lowest BCUT2D eigenvalue weighted by Gasteiger charge is -2.00. The second-order valence-corrected chi connectivity index (χ2v) is 4.99. The molecule has 0 fully saturated rings. The number of thiazole rings is 1. The number of aromatic nitrogens is 4. The Bertz CT molecular complexity index is 766. The summed E-state index contributed by atoms with van der Waals surface area (Å²) in [7, 11) is 0. The average molecular weight is 287 g/mol. The van der Waals surface area contributed by atoms with Gasteiger partial charge < -0.3 is 0 Å². The van der Waals surface area contributed by atoms with Crippen LogP contribution in [-0.2, 0) is 0 Å². The summed E-state index contributed by atoms with van der Waals surface area (Å²) in [5.41, 5.74) is 2.12. The minimum Gasteiger partial charge on any atom is -0.258 e. The predicted octanol–water partition coefficient (Wildman–Crippen LogP) is 2.81. The average Bonchev–Trinajstić information content (AvgIpc) is 3.09. The molecule has 7 nitrogen and oxygen atoms in total. The van der Waals surface area contributed by atoms with Crippen LogP contribution in [0.1, 0.15) is 5.56 Å². The summed E-state index contributed by atoms with van der Waals surface area (Å²) in [6, 6.07) is 5.08. The van der Waals surface area contributed by atoms with Crippen LogP contribution in [0.15, 0.2) is 29.9 Å². The summed E-state index contributed by atoms with van der Waals surface area (Å²) >= 11 is 1.41. The first-order valence-corrected chi connectivity index (χ1v) is 6.60. The monoisotopic (exact) mass is 287 g/mol. The number of nitro groups is 1. The summed E-state index contributed by atoms with van der Waals surface area (Å²) in [6.45, 7) is 1.71. The van der Waals surface area contributed by atoms with Crippen molar-refractivity contribution in [1.82, 2.24) is 20.2 Å². The van der Waals surface area contributed by atoms with Gasteiger partial charge in [0, 0.05) is 22.6 Å². The highest BCUT2D eigenvalue weighted by molar-refractivity contribution is 7.13. The zero-order valence-corrected chi connectivity index (χ0v) is 11.2. The van der Waals surface area contributed by atoms with Gasteiger partial charge in [-0.1, -0.05) is 12.1 Å². The molecule has 100 valence electrons. The molecule has 1 aromatic carbocycles. The molecule has 3 aromatic rings. The number of nitrogens with one attached hydrogen (secondary N) is 1. The van der Waals surface area contributed by atoms with Gasteiger partial charge in [0.25, 0.3) is 5.69 Å². The third-order valence-electron chi connectivity index (χ3n) is 2.82. The fourth-order valence-electron chi connectivity index (χ4n) is 1.79. The second-order valence-electron chi connectivity index (χ2n) is 4.13. The van der Waals surface area contributed by atoms with Crippen LogP contribution in [0, 0.1) is 17.0 Å². The van der Waals surface area contributed by atoms with Crippen LogP contribution in [0.4, 0.5) is 5.69 Å². The molecule has 0 unspecified atom stereocenters. The predicted molar refractivity (Wildman–Crippen MR) is 74.3 cm³/mol. The van der Waals surface area contributed by atoms with Gasteiger partial charge in [-0.05, 0) is 6.92 Å². The third-order valence-corrected chi connectivity index (χ3v) is 3.67. The van der Waals surface area contributed by atoms with E-state index < -0.39 is 0 Å². The van der Waals surface area contributed by atoms with E-state index in [0.717, 1.165) is 0 Å². The fourth-order valence-corrected chi connectivity index (χ4v) is 2.56. The van der Waals surface area contributed by atoms with Crippen molar-refractivity contribution < 1.29 is 4.92 Å². The Morgan fingerprint density at radius 3 is 2.95 bits per heavy atom. The lowest BCUT2D eigenvalue weighted by molar-refractivity contribution is -0.385. The van der Waals surface area contributed by atoms with Gasteiger partial charge in [-0.25, -0.2) is 9.97 Å². The molecule has 20 heavy (non-hydrogen) atoms. The Labute approximate surface area is 117 Å². The molecule has 0 aliphatic heterocycles. The number of aryl methyl sites for hydroxylation is 1. The molecule has 3 rings (SSSR count). The van der Waals surface area contributed by atoms with Crippen molar-refractivity contribution in [3.8, 4) is 22.1 Å². The Balaban J connectivity index is 2.02. The van der Waals surface area contributed by atoms with Gasteiger partial charge >= 0.3 is 0 Å². The normalized spacial score (nSPS) is 10.7. The zero-order chi connectivity index (χ0) is 14.1. The van der Waals surface area contributed by atoms with Crippen molar-refractivity contribution in [3.63, 3.8) is 0 Å². The lowest BCUT2D eigenvalue weighted by Crippen LogP contribution is -1.92. The molecule has 0 aliphatic carbocycles. The first-order valence-electron chi connectivity index (χ1n) is 5.72. The molecular formula is C12H9N5O2S. The van der Waals surface area contributed by atoms with Gasteiger partial charge in [-0.2, -0.15) is 5.10 Å². The number of nitro benzene ring substituents is 1. The quantitative estimate of drug-likeness (QED) is 0.590. The molecule has 0 radical (unpaired) electrons. The molecule has 8 heteroatoms. The number of H-pyrrole nitrogens is 1. The summed E-state index contributed by atoms with van der Waals surface area (Å²) in [5.74, 6) is 0.586. The van der Waals surface area contributed by atoms with Gasteiger partial charge in [-0.15, -0.1) is 11.3 Å². The lowest BCUT2D eigenvalue weighted by atomic mass is 10.1. The Morgan fingerprint density at radius 1 is 1.40 bits per heavy atom. The number of aromatic amines is 1. The first kappa shape index (κ1) is 12.4. The van der Waals surface area contributed by atoms with Gasteiger partial charge in [0.15, 0.2) is 10.8 Å².